The van der Waals surface area contributed by atoms with Crippen LogP contribution in [0.3, 0.4) is 0 Å². The molecule has 2 aromatic carbocycles. The maximum atomic E-state index is 12.4. The first kappa shape index (κ1) is 17.3. The van der Waals surface area contributed by atoms with Crippen molar-refractivity contribution in [3.63, 3.8) is 0 Å². The van der Waals surface area contributed by atoms with Crippen molar-refractivity contribution >= 4 is 10.0 Å². The van der Waals surface area contributed by atoms with Gasteiger partial charge < -0.3 is 9.47 Å². The van der Waals surface area contributed by atoms with Gasteiger partial charge in [-0.05, 0) is 55.8 Å². The van der Waals surface area contributed by atoms with E-state index in [1.165, 1.54) is 12.1 Å². The third kappa shape index (κ3) is 4.46. The maximum absolute atomic E-state index is 12.4. The van der Waals surface area contributed by atoms with E-state index in [9.17, 15) is 8.42 Å². The van der Waals surface area contributed by atoms with Crippen LogP contribution in [-0.2, 0) is 10.0 Å². The third-order valence-corrected chi connectivity index (χ3v) is 4.95. The number of rotatable bonds is 7. The van der Waals surface area contributed by atoms with Gasteiger partial charge in [0, 0.05) is 6.04 Å². The molecular formula is C17H21NO4S. The topological polar surface area (TPSA) is 64.6 Å². The molecule has 0 aliphatic rings. The standard InChI is InChI=1S/C17H21NO4S/c1-4-22-16-9-11-17(12-10-16)23(19,20)18-13(2)14-5-7-15(21-3)8-6-14/h5-13,18H,4H2,1-3H3/t13-/m1/s1. The van der Waals surface area contributed by atoms with Gasteiger partial charge in [-0.1, -0.05) is 12.1 Å². The van der Waals surface area contributed by atoms with Gasteiger partial charge in [0.2, 0.25) is 10.0 Å². The SMILES string of the molecule is CCOc1ccc(S(=O)(=O)N[C@H](C)c2ccc(OC)cc2)cc1. The van der Waals surface area contributed by atoms with Crippen molar-refractivity contribution in [1.82, 2.24) is 4.72 Å². The second-order valence-corrected chi connectivity index (χ2v) is 6.73. The Hall–Kier alpha value is -2.05. The lowest BCUT2D eigenvalue weighted by atomic mass is 10.1. The predicted octanol–water partition coefficient (Wildman–Crippen LogP) is 3.13. The molecule has 1 atom stereocenters. The zero-order valence-corrected chi connectivity index (χ0v) is 14.3. The van der Waals surface area contributed by atoms with Crippen LogP contribution >= 0.6 is 0 Å². The van der Waals surface area contributed by atoms with E-state index in [0.717, 1.165) is 11.3 Å². The molecule has 0 spiro atoms. The van der Waals surface area contributed by atoms with E-state index >= 15 is 0 Å². The Morgan fingerprint density at radius 1 is 1.00 bits per heavy atom. The van der Waals surface area contributed by atoms with Gasteiger partial charge >= 0.3 is 0 Å². The summed E-state index contributed by atoms with van der Waals surface area (Å²) in [7, 11) is -2.00. The number of benzene rings is 2. The zero-order valence-electron chi connectivity index (χ0n) is 13.4. The summed E-state index contributed by atoms with van der Waals surface area (Å²) in [6.07, 6.45) is 0. The lowest BCUT2D eigenvalue weighted by Gasteiger charge is -2.15. The Bertz CT molecular complexity index is 724. The molecule has 2 aromatic rings. The molecule has 0 fully saturated rings. The van der Waals surface area contributed by atoms with Crippen LogP contribution in [0.5, 0.6) is 11.5 Å². The van der Waals surface area contributed by atoms with E-state index in [1.54, 1.807) is 38.3 Å². The number of sulfonamides is 1. The van der Waals surface area contributed by atoms with E-state index in [-0.39, 0.29) is 10.9 Å². The zero-order chi connectivity index (χ0) is 16.9. The summed E-state index contributed by atoms with van der Waals surface area (Å²) in [4.78, 5) is 0.210. The molecule has 0 amide bonds. The second kappa shape index (κ2) is 7.48. The Labute approximate surface area is 137 Å². The van der Waals surface area contributed by atoms with Crippen molar-refractivity contribution in [2.45, 2.75) is 24.8 Å². The molecular weight excluding hydrogens is 314 g/mol. The Balaban J connectivity index is 2.12. The fourth-order valence-corrected chi connectivity index (χ4v) is 3.38. The highest BCUT2D eigenvalue weighted by Gasteiger charge is 2.18. The Kier molecular flexibility index (Phi) is 5.63. The normalized spacial score (nSPS) is 12.7. The van der Waals surface area contributed by atoms with Gasteiger partial charge in [0.25, 0.3) is 0 Å². The average molecular weight is 335 g/mol. The molecule has 0 bridgehead atoms. The molecule has 0 aliphatic carbocycles. The Morgan fingerprint density at radius 3 is 2.09 bits per heavy atom. The molecule has 0 unspecified atom stereocenters. The maximum Gasteiger partial charge on any atom is 0.241 e. The molecule has 2 rings (SSSR count). The van der Waals surface area contributed by atoms with Crippen molar-refractivity contribution in [3.8, 4) is 11.5 Å². The van der Waals surface area contributed by atoms with Gasteiger partial charge in [0.1, 0.15) is 11.5 Å². The molecule has 0 radical (unpaired) electrons. The number of methoxy groups -OCH3 is 1. The van der Waals surface area contributed by atoms with Crippen molar-refractivity contribution in [2.75, 3.05) is 13.7 Å². The summed E-state index contributed by atoms with van der Waals surface area (Å²) in [5.74, 6) is 1.38. The summed E-state index contributed by atoms with van der Waals surface area (Å²) in [6.45, 7) is 4.22. The van der Waals surface area contributed by atoms with Gasteiger partial charge in [-0.15, -0.1) is 0 Å². The van der Waals surface area contributed by atoms with Crippen molar-refractivity contribution in [2.24, 2.45) is 0 Å². The van der Waals surface area contributed by atoms with E-state index in [4.69, 9.17) is 9.47 Å². The monoisotopic (exact) mass is 335 g/mol. The van der Waals surface area contributed by atoms with E-state index in [2.05, 4.69) is 4.72 Å². The first-order valence-corrected chi connectivity index (χ1v) is 8.83. The second-order valence-electron chi connectivity index (χ2n) is 5.02. The minimum absolute atomic E-state index is 0.210. The minimum Gasteiger partial charge on any atom is -0.497 e. The summed E-state index contributed by atoms with van der Waals surface area (Å²) in [6, 6.07) is 13.3. The van der Waals surface area contributed by atoms with E-state index in [0.29, 0.717) is 12.4 Å². The summed E-state index contributed by atoms with van der Waals surface area (Å²) in [5.41, 5.74) is 0.861. The molecule has 0 aromatic heterocycles. The molecule has 6 heteroatoms. The van der Waals surface area contributed by atoms with Gasteiger partial charge in [-0.3, -0.25) is 0 Å². The Morgan fingerprint density at radius 2 is 1.57 bits per heavy atom. The molecule has 0 saturated heterocycles. The highest BCUT2D eigenvalue weighted by atomic mass is 32.2. The lowest BCUT2D eigenvalue weighted by molar-refractivity contribution is 0.340. The summed E-state index contributed by atoms with van der Waals surface area (Å²) >= 11 is 0. The van der Waals surface area contributed by atoms with Crippen LogP contribution in [0.2, 0.25) is 0 Å². The van der Waals surface area contributed by atoms with Crippen LogP contribution < -0.4 is 14.2 Å². The van der Waals surface area contributed by atoms with Crippen LogP contribution in [0.4, 0.5) is 0 Å². The highest BCUT2D eigenvalue weighted by molar-refractivity contribution is 7.89. The fourth-order valence-electron chi connectivity index (χ4n) is 2.14. The molecule has 0 saturated carbocycles. The largest absolute Gasteiger partial charge is 0.497 e. The van der Waals surface area contributed by atoms with Crippen molar-refractivity contribution in [1.29, 1.82) is 0 Å². The van der Waals surface area contributed by atoms with Gasteiger partial charge in [0.05, 0.1) is 18.6 Å². The van der Waals surface area contributed by atoms with Crippen LogP contribution in [0.1, 0.15) is 25.5 Å². The predicted molar refractivity (Wildman–Crippen MR) is 89.3 cm³/mol. The first-order valence-electron chi connectivity index (χ1n) is 7.35. The van der Waals surface area contributed by atoms with Gasteiger partial charge in [0.15, 0.2) is 0 Å². The quantitative estimate of drug-likeness (QED) is 0.844. The minimum atomic E-state index is -3.59. The van der Waals surface area contributed by atoms with Crippen LogP contribution in [0.15, 0.2) is 53.4 Å². The average Bonchev–Trinajstić information content (AvgIpc) is 2.55. The van der Waals surface area contributed by atoms with Crippen molar-refractivity contribution in [3.05, 3.63) is 54.1 Å². The van der Waals surface area contributed by atoms with Crippen molar-refractivity contribution < 1.29 is 17.9 Å². The number of hydrogen-bond donors (Lipinski definition) is 1. The summed E-state index contributed by atoms with van der Waals surface area (Å²) in [5, 5.41) is 0. The number of hydrogen-bond acceptors (Lipinski definition) is 4. The molecule has 124 valence electrons. The molecule has 0 aliphatic heterocycles. The molecule has 1 N–H and O–H groups in total. The molecule has 23 heavy (non-hydrogen) atoms. The van der Waals surface area contributed by atoms with E-state index < -0.39 is 10.0 Å². The molecule has 5 nitrogen and oxygen atoms in total. The molecule has 0 heterocycles. The first-order chi connectivity index (χ1) is 11.0. The summed E-state index contributed by atoms with van der Waals surface area (Å²) < 4.78 is 37.9. The fraction of sp³-hybridized carbons (Fsp3) is 0.294. The highest BCUT2D eigenvalue weighted by Crippen LogP contribution is 2.21. The number of nitrogens with one attached hydrogen (secondary N) is 1. The van der Waals surface area contributed by atoms with Crippen LogP contribution in [0, 0.1) is 0 Å². The number of ether oxygens (including phenoxy) is 2. The van der Waals surface area contributed by atoms with Gasteiger partial charge in [-0.25, -0.2) is 13.1 Å². The van der Waals surface area contributed by atoms with Crippen LogP contribution in [-0.4, -0.2) is 22.1 Å². The van der Waals surface area contributed by atoms with Gasteiger partial charge in [-0.2, -0.15) is 0 Å². The van der Waals surface area contributed by atoms with E-state index in [1.807, 2.05) is 19.1 Å². The third-order valence-electron chi connectivity index (χ3n) is 3.39. The smallest absolute Gasteiger partial charge is 0.241 e. The lowest BCUT2D eigenvalue weighted by Crippen LogP contribution is -2.26. The van der Waals surface area contributed by atoms with Crippen LogP contribution in [0.25, 0.3) is 0 Å².